The molecule has 0 spiro atoms. The van der Waals surface area contributed by atoms with Crippen molar-refractivity contribution >= 4 is 0 Å². The molecule has 0 aliphatic heterocycles. The van der Waals surface area contributed by atoms with Gasteiger partial charge in [-0.1, -0.05) is 11.1 Å². The van der Waals surface area contributed by atoms with Gasteiger partial charge >= 0.3 is 0 Å². The first-order valence-electron chi connectivity index (χ1n) is 7.82. The fourth-order valence-electron chi connectivity index (χ4n) is 3.93. The number of imidazole rings is 1. The van der Waals surface area contributed by atoms with Crippen LogP contribution in [0, 0.1) is 22.7 Å². The molecule has 2 N–H and O–H groups in total. The Morgan fingerprint density at radius 1 is 1.43 bits per heavy atom. The molecule has 0 saturated heterocycles. The zero-order chi connectivity index (χ0) is 16.1. The zero-order valence-electron chi connectivity index (χ0n) is 13.0. The monoisotopic (exact) mass is 313 g/mol. The van der Waals surface area contributed by atoms with E-state index in [4.69, 9.17) is 4.52 Å². The summed E-state index contributed by atoms with van der Waals surface area (Å²) in [5, 5.41) is 23.0. The number of aromatic nitrogens is 3. The van der Waals surface area contributed by atoms with Gasteiger partial charge in [0.05, 0.1) is 6.54 Å². The molecule has 3 aliphatic carbocycles. The Morgan fingerprint density at radius 2 is 2.22 bits per heavy atom. The maximum absolute atomic E-state index is 9.66. The highest BCUT2D eigenvalue weighted by Gasteiger charge is 2.66. The molecule has 5 rings (SSSR count). The standard InChI is InChI=1S/C17H19N3O3/c1-12(22)15-18-4-5-20(15)7-13-6-14(23-19-13)2-3-16-8-17(9-16,10-16)11-21/h4-6,12,21-22H,7-11H2,1H3/t12-,16?,17?/m0/s1. The van der Waals surface area contributed by atoms with E-state index in [1.807, 2.05) is 10.6 Å². The smallest absolute Gasteiger partial charge is 0.209 e. The van der Waals surface area contributed by atoms with E-state index >= 15 is 0 Å². The minimum absolute atomic E-state index is 0.0967. The van der Waals surface area contributed by atoms with Gasteiger partial charge in [-0.15, -0.1) is 0 Å². The number of hydrogen-bond donors (Lipinski definition) is 2. The highest BCUT2D eigenvalue weighted by Crippen LogP contribution is 2.72. The average molecular weight is 313 g/mol. The first-order chi connectivity index (χ1) is 11.0. The van der Waals surface area contributed by atoms with Crippen molar-refractivity contribution in [2.75, 3.05) is 6.61 Å². The molecule has 0 radical (unpaired) electrons. The molecule has 0 unspecified atom stereocenters. The van der Waals surface area contributed by atoms with E-state index in [0.717, 1.165) is 25.0 Å². The Labute approximate surface area is 134 Å². The van der Waals surface area contributed by atoms with Gasteiger partial charge in [0.25, 0.3) is 0 Å². The molecule has 1 atom stereocenters. The summed E-state index contributed by atoms with van der Waals surface area (Å²) in [6.45, 7) is 2.45. The van der Waals surface area contributed by atoms with Crippen molar-refractivity contribution in [3.05, 3.63) is 35.7 Å². The molecule has 120 valence electrons. The Hall–Kier alpha value is -2.10. The third-order valence-electron chi connectivity index (χ3n) is 4.94. The molecule has 2 bridgehead atoms. The van der Waals surface area contributed by atoms with E-state index in [1.54, 1.807) is 19.3 Å². The second-order valence-electron chi connectivity index (χ2n) is 6.99. The summed E-state index contributed by atoms with van der Waals surface area (Å²) < 4.78 is 7.12. The topological polar surface area (TPSA) is 84.3 Å². The second kappa shape index (κ2) is 4.95. The van der Waals surface area contributed by atoms with E-state index in [2.05, 4.69) is 22.0 Å². The molecule has 0 aromatic carbocycles. The van der Waals surface area contributed by atoms with Crippen molar-refractivity contribution in [3.8, 4) is 11.8 Å². The number of rotatable bonds is 4. The van der Waals surface area contributed by atoms with Crippen molar-refractivity contribution in [1.29, 1.82) is 0 Å². The molecule has 3 saturated carbocycles. The lowest BCUT2D eigenvalue weighted by Crippen LogP contribution is -2.62. The maximum Gasteiger partial charge on any atom is 0.209 e. The van der Waals surface area contributed by atoms with Crippen molar-refractivity contribution in [3.63, 3.8) is 0 Å². The van der Waals surface area contributed by atoms with Crippen LogP contribution in [0.3, 0.4) is 0 Å². The fourth-order valence-corrected chi connectivity index (χ4v) is 3.93. The van der Waals surface area contributed by atoms with Crippen LogP contribution in [0.4, 0.5) is 0 Å². The Balaban J connectivity index is 1.43. The highest BCUT2D eigenvalue weighted by atomic mass is 16.5. The van der Waals surface area contributed by atoms with Crippen LogP contribution in [0.15, 0.2) is 23.0 Å². The zero-order valence-corrected chi connectivity index (χ0v) is 13.0. The van der Waals surface area contributed by atoms with Crippen molar-refractivity contribution in [2.24, 2.45) is 10.8 Å². The van der Waals surface area contributed by atoms with E-state index in [1.165, 1.54) is 0 Å². The number of hydrogen-bond acceptors (Lipinski definition) is 5. The lowest BCUT2D eigenvalue weighted by molar-refractivity contribution is -0.185. The normalized spacial score (nSPS) is 29.2. The molecule has 2 heterocycles. The Bertz CT molecular complexity index is 774. The molecule has 2 aromatic rings. The van der Waals surface area contributed by atoms with Gasteiger partial charge in [0, 0.05) is 30.5 Å². The van der Waals surface area contributed by atoms with Crippen LogP contribution in [-0.2, 0) is 6.54 Å². The van der Waals surface area contributed by atoms with Gasteiger partial charge in [-0.2, -0.15) is 0 Å². The van der Waals surface area contributed by atoms with Gasteiger partial charge < -0.3 is 19.3 Å². The number of nitrogens with zero attached hydrogens (tertiary/aromatic N) is 3. The van der Waals surface area contributed by atoms with Crippen LogP contribution in [-0.4, -0.2) is 31.5 Å². The molecular formula is C17H19N3O3. The number of aliphatic hydroxyl groups is 2. The quantitative estimate of drug-likeness (QED) is 0.835. The van der Waals surface area contributed by atoms with Gasteiger partial charge in [0.1, 0.15) is 17.6 Å². The van der Waals surface area contributed by atoms with Crippen LogP contribution in [0.25, 0.3) is 0 Å². The van der Waals surface area contributed by atoms with Crippen LogP contribution in [0.5, 0.6) is 0 Å². The average Bonchev–Trinajstić information content (AvgIpc) is 3.06. The predicted molar refractivity (Wildman–Crippen MR) is 81.1 cm³/mol. The molecule has 23 heavy (non-hydrogen) atoms. The van der Waals surface area contributed by atoms with Crippen LogP contribution >= 0.6 is 0 Å². The Morgan fingerprint density at radius 3 is 2.91 bits per heavy atom. The first kappa shape index (κ1) is 14.5. The third kappa shape index (κ3) is 2.37. The molecule has 3 aliphatic rings. The number of aliphatic hydroxyl groups excluding tert-OH is 2. The molecule has 3 fully saturated rings. The van der Waals surface area contributed by atoms with Crippen LogP contribution in [0.1, 0.15) is 49.6 Å². The minimum atomic E-state index is -0.626. The summed E-state index contributed by atoms with van der Waals surface area (Å²) in [5.41, 5.74) is 1.01. The van der Waals surface area contributed by atoms with Gasteiger partial charge in [-0.25, -0.2) is 4.98 Å². The molecule has 6 nitrogen and oxygen atoms in total. The van der Waals surface area contributed by atoms with E-state index in [9.17, 15) is 10.2 Å². The van der Waals surface area contributed by atoms with E-state index in [-0.39, 0.29) is 17.4 Å². The lowest BCUT2D eigenvalue weighted by Gasteiger charge is -2.67. The largest absolute Gasteiger partial charge is 0.396 e. The summed E-state index contributed by atoms with van der Waals surface area (Å²) >= 11 is 0. The molecule has 2 aromatic heterocycles. The molecule has 6 heteroatoms. The molecule has 0 amide bonds. The summed E-state index contributed by atoms with van der Waals surface area (Å²) in [6, 6.07) is 1.83. The molecular weight excluding hydrogens is 294 g/mol. The highest BCUT2D eigenvalue weighted by molar-refractivity contribution is 5.36. The van der Waals surface area contributed by atoms with E-state index in [0.29, 0.717) is 18.1 Å². The predicted octanol–water partition coefficient (Wildman–Crippen LogP) is 1.49. The maximum atomic E-state index is 9.66. The minimum Gasteiger partial charge on any atom is -0.396 e. The third-order valence-corrected chi connectivity index (χ3v) is 4.94. The lowest BCUT2D eigenvalue weighted by atomic mass is 9.36. The van der Waals surface area contributed by atoms with Gasteiger partial charge in [-0.3, -0.25) is 0 Å². The van der Waals surface area contributed by atoms with Crippen molar-refractivity contribution < 1.29 is 14.7 Å². The summed E-state index contributed by atoms with van der Waals surface area (Å²) in [6.07, 6.45) is 5.83. The SMILES string of the molecule is C[C@H](O)c1nccn1Cc1cc(C#CC23CC(CO)(C2)C3)on1. The van der Waals surface area contributed by atoms with Crippen molar-refractivity contribution in [2.45, 2.75) is 38.8 Å². The summed E-state index contributed by atoms with van der Waals surface area (Å²) in [5.74, 6) is 7.51. The van der Waals surface area contributed by atoms with Crippen molar-refractivity contribution in [1.82, 2.24) is 14.7 Å². The van der Waals surface area contributed by atoms with Gasteiger partial charge in [0.15, 0.2) is 0 Å². The van der Waals surface area contributed by atoms with Crippen LogP contribution in [0.2, 0.25) is 0 Å². The van der Waals surface area contributed by atoms with Gasteiger partial charge in [-0.05, 0) is 37.5 Å². The second-order valence-corrected chi connectivity index (χ2v) is 6.99. The van der Waals surface area contributed by atoms with Crippen LogP contribution < -0.4 is 0 Å². The fraction of sp³-hybridized carbons (Fsp3) is 0.529. The van der Waals surface area contributed by atoms with E-state index < -0.39 is 6.10 Å². The first-order valence-corrected chi connectivity index (χ1v) is 7.82. The summed E-state index contributed by atoms with van der Waals surface area (Å²) in [7, 11) is 0. The summed E-state index contributed by atoms with van der Waals surface area (Å²) in [4.78, 5) is 4.13. The van der Waals surface area contributed by atoms with Gasteiger partial charge in [0.2, 0.25) is 5.76 Å². The Kier molecular flexibility index (Phi) is 3.12.